The Bertz CT molecular complexity index is 412. The van der Waals surface area contributed by atoms with E-state index in [1.54, 1.807) is 7.11 Å². The molecule has 1 rings (SSSR count). The highest BCUT2D eigenvalue weighted by atomic mass is 16.5. The summed E-state index contributed by atoms with van der Waals surface area (Å²) in [6.45, 7) is 12.4. The van der Waals surface area contributed by atoms with Gasteiger partial charge < -0.3 is 10.1 Å². The highest BCUT2D eigenvalue weighted by Crippen LogP contribution is 2.30. The van der Waals surface area contributed by atoms with E-state index in [0.29, 0.717) is 6.04 Å². The fourth-order valence-corrected chi connectivity index (χ4v) is 2.48. The number of hydrogen-bond acceptors (Lipinski definition) is 2. The number of hydrogen-bond donors (Lipinski definition) is 1. The summed E-state index contributed by atoms with van der Waals surface area (Å²) in [4.78, 5) is 0. The van der Waals surface area contributed by atoms with Crippen LogP contribution in [-0.4, -0.2) is 19.7 Å². The van der Waals surface area contributed by atoms with E-state index < -0.39 is 0 Å². The number of nitrogens with one attached hydrogen (secondary N) is 1. The average molecular weight is 277 g/mol. The highest BCUT2D eigenvalue weighted by molar-refractivity contribution is 5.37. The van der Waals surface area contributed by atoms with Gasteiger partial charge in [-0.1, -0.05) is 45.4 Å². The quantitative estimate of drug-likeness (QED) is 0.762. The third-order valence-electron chi connectivity index (χ3n) is 4.36. The summed E-state index contributed by atoms with van der Waals surface area (Å²) >= 11 is 0. The molecule has 0 aliphatic heterocycles. The molecule has 0 aliphatic carbocycles. The van der Waals surface area contributed by atoms with E-state index in [0.717, 1.165) is 18.7 Å². The number of ether oxygens (including phenoxy) is 1. The molecule has 0 aromatic heterocycles. The summed E-state index contributed by atoms with van der Waals surface area (Å²) in [5.74, 6) is 1.01. The molecule has 2 heteroatoms. The molecule has 0 spiro atoms. The molecular formula is C18H31NO. The molecule has 20 heavy (non-hydrogen) atoms. The zero-order valence-corrected chi connectivity index (χ0v) is 14.0. The van der Waals surface area contributed by atoms with Gasteiger partial charge in [0.2, 0.25) is 0 Å². The maximum absolute atomic E-state index is 5.52. The van der Waals surface area contributed by atoms with E-state index in [1.807, 2.05) is 0 Å². The molecule has 0 saturated carbocycles. The lowest BCUT2D eigenvalue weighted by Crippen LogP contribution is -2.43. The van der Waals surface area contributed by atoms with E-state index in [1.165, 1.54) is 24.0 Å². The first-order valence-corrected chi connectivity index (χ1v) is 7.81. The van der Waals surface area contributed by atoms with E-state index in [2.05, 4.69) is 58.1 Å². The minimum absolute atomic E-state index is 0.282. The summed E-state index contributed by atoms with van der Waals surface area (Å²) in [7, 11) is 1.76. The maximum atomic E-state index is 5.52. The van der Waals surface area contributed by atoms with Crippen molar-refractivity contribution in [3.63, 3.8) is 0 Å². The predicted octanol–water partition coefficient (Wildman–Crippen LogP) is 4.35. The van der Waals surface area contributed by atoms with Crippen LogP contribution in [0.5, 0.6) is 5.75 Å². The number of methoxy groups -OCH3 is 1. The Labute approximate surface area is 124 Å². The van der Waals surface area contributed by atoms with E-state index in [4.69, 9.17) is 4.74 Å². The van der Waals surface area contributed by atoms with Gasteiger partial charge in [0.1, 0.15) is 5.75 Å². The predicted molar refractivity (Wildman–Crippen MR) is 87.6 cm³/mol. The first-order chi connectivity index (χ1) is 9.44. The Morgan fingerprint density at radius 2 is 1.95 bits per heavy atom. The van der Waals surface area contributed by atoms with Crippen molar-refractivity contribution in [1.82, 2.24) is 5.32 Å². The third kappa shape index (κ3) is 4.52. The van der Waals surface area contributed by atoms with Crippen LogP contribution in [0.2, 0.25) is 0 Å². The summed E-state index contributed by atoms with van der Waals surface area (Å²) < 4.78 is 5.52. The highest BCUT2D eigenvalue weighted by Gasteiger charge is 2.28. The summed E-state index contributed by atoms with van der Waals surface area (Å²) in [6.07, 6.45) is 3.36. The molecule has 0 heterocycles. The van der Waals surface area contributed by atoms with Crippen molar-refractivity contribution in [3.05, 3.63) is 29.3 Å². The normalized spacial score (nSPS) is 13.3. The van der Waals surface area contributed by atoms with E-state index in [9.17, 15) is 0 Å². The molecule has 1 atom stereocenters. The van der Waals surface area contributed by atoms with Crippen LogP contribution in [0.15, 0.2) is 18.2 Å². The van der Waals surface area contributed by atoms with Crippen LogP contribution >= 0.6 is 0 Å². The minimum atomic E-state index is 0.282. The van der Waals surface area contributed by atoms with Crippen molar-refractivity contribution >= 4 is 0 Å². The van der Waals surface area contributed by atoms with Gasteiger partial charge in [-0.25, -0.2) is 0 Å². The smallest absolute Gasteiger partial charge is 0.122 e. The number of rotatable bonds is 8. The molecule has 1 aromatic carbocycles. The van der Waals surface area contributed by atoms with Crippen LogP contribution in [0.25, 0.3) is 0 Å². The third-order valence-corrected chi connectivity index (χ3v) is 4.36. The van der Waals surface area contributed by atoms with Crippen LogP contribution in [0.3, 0.4) is 0 Å². The van der Waals surface area contributed by atoms with Gasteiger partial charge in [0, 0.05) is 6.04 Å². The number of benzene rings is 1. The summed E-state index contributed by atoms with van der Waals surface area (Å²) in [6, 6.07) is 6.93. The van der Waals surface area contributed by atoms with Gasteiger partial charge in [0.05, 0.1) is 7.11 Å². The second-order valence-electron chi connectivity index (χ2n) is 6.37. The van der Waals surface area contributed by atoms with E-state index >= 15 is 0 Å². The molecule has 0 fully saturated rings. The molecule has 1 N–H and O–H groups in total. The summed E-state index contributed by atoms with van der Waals surface area (Å²) in [5, 5.41) is 3.72. The number of aryl methyl sites for hydroxylation is 1. The van der Waals surface area contributed by atoms with Crippen molar-refractivity contribution in [2.24, 2.45) is 5.41 Å². The van der Waals surface area contributed by atoms with Crippen LogP contribution < -0.4 is 10.1 Å². The van der Waals surface area contributed by atoms with Crippen LogP contribution in [0.1, 0.15) is 51.7 Å². The SMILES string of the molecule is CCCNC(Cc1cc(C)ccc1OC)C(C)(C)CC. The Morgan fingerprint density at radius 3 is 2.50 bits per heavy atom. The second-order valence-corrected chi connectivity index (χ2v) is 6.37. The molecule has 0 saturated heterocycles. The fourth-order valence-electron chi connectivity index (χ4n) is 2.48. The first kappa shape index (κ1) is 17.0. The zero-order chi connectivity index (χ0) is 15.2. The van der Waals surface area contributed by atoms with Crippen molar-refractivity contribution < 1.29 is 4.74 Å². The van der Waals surface area contributed by atoms with Gasteiger partial charge in [0.25, 0.3) is 0 Å². The lowest BCUT2D eigenvalue weighted by atomic mass is 9.78. The standard InChI is InChI=1S/C18H31NO/c1-7-11-19-17(18(4,5)8-2)13-15-12-14(3)9-10-16(15)20-6/h9-10,12,17,19H,7-8,11,13H2,1-6H3. The topological polar surface area (TPSA) is 21.3 Å². The zero-order valence-electron chi connectivity index (χ0n) is 14.0. The van der Waals surface area contributed by atoms with Crippen molar-refractivity contribution in [2.45, 2.75) is 59.9 Å². The van der Waals surface area contributed by atoms with Gasteiger partial charge in [-0.3, -0.25) is 0 Å². The molecule has 2 nitrogen and oxygen atoms in total. The van der Waals surface area contributed by atoms with Gasteiger partial charge in [0.15, 0.2) is 0 Å². The van der Waals surface area contributed by atoms with E-state index in [-0.39, 0.29) is 5.41 Å². The van der Waals surface area contributed by atoms with Crippen molar-refractivity contribution in [1.29, 1.82) is 0 Å². The van der Waals surface area contributed by atoms with Gasteiger partial charge >= 0.3 is 0 Å². The molecule has 1 unspecified atom stereocenters. The molecule has 0 radical (unpaired) electrons. The molecule has 0 amide bonds. The Balaban J connectivity index is 2.96. The molecule has 0 aliphatic rings. The largest absolute Gasteiger partial charge is 0.496 e. The molecule has 0 bridgehead atoms. The van der Waals surface area contributed by atoms with Crippen molar-refractivity contribution in [3.8, 4) is 5.75 Å². The van der Waals surface area contributed by atoms with Gasteiger partial charge in [-0.15, -0.1) is 0 Å². The molecule has 1 aromatic rings. The molecule has 114 valence electrons. The fraction of sp³-hybridized carbons (Fsp3) is 0.667. The second kappa shape index (κ2) is 7.68. The average Bonchev–Trinajstić information content (AvgIpc) is 2.43. The minimum Gasteiger partial charge on any atom is -0.496 e. The van der Waals surface area contributed by atoms with Gasteiger partial charge in [-0.2, -0.15) is 0 Å². The first-order valence-electron chi connectivity index (χ1n) is 7.81. The van der Waals surface area contributed by atoms with Crippen LogP contribution in [0.4, 0.5) is 0 Å². The monoisotopic (exact) mass is 277 g/mol. The lowest BCUT2D eigenvalue weighted by molar-refractivity contribution is 0.229. The van der Waals surface area contributed by atoms with Crippen molar-refractivity contribution in [2.75, 3.05) is 13.7 Å². The summed E-state index contributed by atoms with van der Waals surface area (Å²) in [5.41, 5.74) is 2.89. The Morgan fingerprint density at radius 1 is 1.25 bits per heavy atom. The van der Waals surface area contributed by atoms with Gasteiger partial charge in [-0.05, 0) is 49.8 Å². The van der Waals surface area contributed by atoms with Crippen LogP contribution in [-0.2, 0) is 6.42 Å². The molecular weight excluding hydrogens is 246 g/mol. The Hall–Kier alpha value is -1.02. The Kier molecular flexibility index (Phi) is 6.54. The lowest BCUT2D eigenvalue weighted by Gasteiger charge is -2.35. The van der Waals surface area contributed by atoms with Crippen LogP contribution in [0, 0.1) is 12.3 Å². The maximum Gasteiger partial charge on any atom is 0.122 e.